The molecule has 2 aliphatic carbocycles. The van der Waals surface area contributed by atoms with Crippen LogP contribution in [0.2, 0.25) is 20.1 Å². The number of imidazole rings is 2. The highest BCUT2D eigenvalue weighted by molar-refractivity contribution is 6.64. The molecule has 16 nitrogen and oxygen atoms in total. The number of piperidine rings is 2. The highest BCUT2D eigenvalue weighted by Gasteiger charge is 2.35. The van der Waals surface area contributed by atoms with E-state index < -0.39 is 0 Å². The van der Waals surface area contributed by atoms with Crippen molar-refractivity contribution in [2.24, 2.45) is 11.8 Å². The highest BCUT2D eigenvalue weighted by atomic mass is 35.5. The van der Waals surface area contributed by atoms with Crippen LogP contribution in [0.4, 0.5) is 11.9 Å². The molecule has 4 aliphatic rings. The maximum absolute atomic E-state index is 12.6. The first kappa shape index (κ1) is 52.2. The fourth-order valence-corrected chi connectivity index (χ4v) is 9.93. The van der Waals surface area contributed by atoms with Gasteiger partial charge in [-0.3, -0.25) is 18.7 Å². The summed E-state index contributed by atoms with van der Waals surface area (Å²) in [5, 5.41) is 12.0. The number of methoxy groups -OCH3 is 2. The van der Waals surface area contributed by atoms with Crippen molar-refractivity contribution >= 4 is 103 Å². The Hall–Kier alpha value is -6.27. The van der Waals surface area contributed by atoms with Crippen LogP contribution in [0, 0.1) is 11.8 Å². The van der Waals surface area contributed by atoms with Gasteiger partial charge in [0.15, 0.2) is 0 Å². The molecule has 2 atom stereocenters. The molecule has 0 unspecified atom stereocenters. The molecule has 4 aromatic carbocycles. The van der Waals surface area contributed by atoms with Crippen LogP contribution in [-0.2, 0) is 9.59 Å². The minimum Gasteiger partial charge on any atom is -0.497 e. The number of nitrogens with one attached hydrogen (secondary N) is 3. The number of carbonyl (C=O) groups excluding carboxylic acids is 2. The Morgan fingerprint density at radius 2 is 1.12 bits per heavy atom. The van der Waals surface area contributed by atoms with Crippen LogP contribution in [0.5, 0.6) is 11.5 Å². The summed E-state index contributed by atoms with van der Waals surface area (Å²) in [5.74, 6) is 6.04. The Bertz CT molecular complexity index is 3380. The standard InChI is InChI=1S/C27H26Cl2N6O2.C23H22Cl2N6O.C4H5ClO/c1-37-19-7-9-23-22(14-19)32-25(17-6-8-20(28)21(29)13-17)35(23)24-10-11-30-27(33-24)31-18-3-2-12-34(15-18)26(36)16-4-5-16;1-32-16-5-7-20-19(12-16)29-22(14-4-6-17(24)18(25)11-14)31(20)21-8-10-27-23(30-21)28-15-3-2-9-26-13-15;5-4(6)3-1-2-3/h6-11,13-14,16,18H,2-5,12,15H2,1H3,(H,30,31,33);4-8,10-12,15,26H,2-3,9,13H2,1H3,(H,27,28,30);3H,1-2H2/t18-;15-;/m00./s1. The first-order valence-corrected chi connectivity index (χ1v) is 26.7. The van der Waals surface area contributed by atoms with Gasteiger partial charge in [-0.2, -0.15) is 9.97 Å². The van der Waals surface area contributed by atoms with Gasteiger partial charge in [-0.1, -0.05) is 46.4 Å². The number of likely N-dealkylation sites (tertiary alicyclic amines) is 1. The van der Waals surface area contributed by atoms with E-state index in [2.05, 4.69) is 25.9 Å². The molecule has 0 radical (unpaired) electrons. The number of anilines is 2. The Labute approximate surface area is 458 Å². The van der Waals surface area contributed by atoms with Crippen LogP contribution in [0.15, 0.2) is 97.3 Å². The van der Waals surface area contributed by atoms with Crippen LogP contribution in [0.1, 0.15) is 51.4 Å². The number of benzene rings is 4. The molecule has 388 valence electrons. The maximum atomic E-state index is 12.6. The number of halogens is 5. The third-order valence-corrected chi connectivity index (χ3v) is 15.1. The lowest BCUT2D eigenvalue weighted by atomic mass is 10.1. The van der Waals surface area contributed by atoms with Gasteiger partial charge in [0.05, 0.1) is 56.4 Å². The fraction of sp³-hybridized carbons (Fsp3) is 0.333. The van der Waals surface area contributed by atoms with Gasteiger partial charge in [-0.05, 0) is 142 Å². The van der Waals surface area contributed by atoms with Crippen LogP contribution in [0.25, 0.3) is 56.5 Å². The van der Waals surface area contributed by atoms with Gasteiger partial charge >= 0.3 is 0 Å². The monoisotopic (exact) mass is 1110 g/mol. The number of rotatable bonds is 12. The van der Waals surface area contributed by atoms with Crippen LogP contribution in [0.3, 0.4) is 0 Å². The lowest BCUT2D eigenvalue weighted by Crippen LogP contribution is -2.45. The summed E-state index contributed by atoms with van der Waals surface area (Å²) in [6.45, 7) is 3.45. The molecule has 4 aromatic heterocycles. The van der Waals surface area contributed by atoms with Gasteiger partial charge in [-0.15, -0.1) is 0 Å². The largest absolute Gasteiger partial charge is 0.497 e. The molecule has 0 bridgehead atoms. The zero-order valence-electron chi connectivity index (χ0n) is 41.1. The molecule has 75 heavy (non-hydrogen) atoms. The molecule has 3 N–H and O–H groups in total. The normalized spacial score (nSPS) is 17.3. The van der Waals surface area contributed by atoms with E-state index in [1.807, 2.05) is 80.8 Å². The first-order valence-electron chi connectivity index (χ1n) is 24.9. The number of amides is 1. The topological polar surface area (TPSA) is 179 Å². The summed E-state index contributed by atoms with van der Waals surface area (Å²) in [5.41, 5.74) is 4.95. The summed E-state index contributed by atoms with van der Waals surface area (Å²) in [6, 6.07) is 26.6. The number of carbonyl (C=O) groups is 2. The number of ether oxygens (including phenoxy) is 2. The van der Waals surface area contributed by atoms with Crippen molar-refractivity contribution in [3.05, 3.63) is 117 Å². The smallest absolute Gasteiger partial charge is 0.225 e. The summed E-state index contributed by atoms with van der Waals surface area (Å²) < 4.78 is 14.8. The van der Waals surface area contributed by atoms with Crippen molar-refractivity contribution in [3.8, 4) is 45.9 Å². The van der Waals surface area contributed by atoms with Gasteiger partial charge in [0, 0.05) is 79.2 Å². The molecule has 21 heteroatoms. The predicted molar refractivity (Wildman–Crippen MR) is 296 cm³/mol. The third kappa shape index (κ3) is 12.4. The number of aromatic nitrogens is 8. The first-order chi connectivity index (χ1) is 36.4. The quantitative estimate of drug-likeness (QED) is 0.0985. The van der Waals surface area contributed by atoms with Gasteiger partial charge in [0.25, 0.3) is 0 Å². The SMILES string of the molecule is COc1ccc2c(c1)nc(-c1ccc(Cl)c(Cl)c1)n2-c1ccnc(N[C@H]2CCCN(C(=O)C3CC3)C2)n1.COc1ccc2c(c1)nc(-c1ccc(Cl)c(Cl)c1)n2-c1ccnc(N[C@H]2CCCNC2)n1.O=C(Cl)C1CC1. The van der Waals surface area contributed by atoms with E-state index in [1.165, 1.54) is 0 Å². The molecule has 1 amide bonds. The Morgan fingerprint density at radius 3 is 1.57 bits per heavy atom. The van der Waals surface area contributed by atoms with E-state index >= 15 is 0 Å². The minimum atomic E-state index is -0.157. The lowest BCUT2D eigenvalue weighted by Gasteiger charge is -2.33. The van der Waals surface area contributed by atoms with Crippen LogP contribution >= 0.6 is 58.0 Å². The van der Waals surface area contributed by atoms with E-state index in [-0.39, 0.29) is 29.0 Å². The second-order valence-corrected chi connectivity index (χ2v) is 20.8. The third-order valence-electron chi connectivity index (χ3n) is 13.3. The van der Waals surface area contributed by atoms with Crippen molar-refractivity contribution in [1.29, 1.82) is 0 Å². The zero-order chi connectivity index (χ0) is 52.2. The number of hydrogen-bond acceptors (Lipinski definition) is 13. The summed E-state index contributed by atoms with van der Waals surface area (Å²) in [4.78, 5) is 52.9. The van der Waals surface area contributed by atoms with Gasteiger partial charge < -0.3 is 30.3 Å². The van der Waals surface area contributed by atoms with E-state index in [1.54, 1.807) is 44.8 Å². The molecular formula is C54H53Cl5N12O4. The maximum Gasteiger partial charge on any atom is 0.225 e. The second-order valence-electron chi connectivity index (χ2n) is 18.8. The summed E-state index contributed by atoms with van der Waals surface area (Å²) >= 11 is 30.0. The molecule has 2 aliphatic heterocycles. The molecule has 2 saturated heterocycles. The average molecular weight is 1110 g/mol. The Morgan fingerprint density at radius 1 is 0.600 bits per heavy atom. The minimum absolute atomic E-state index is 0.102. The number of hydrogen-bond donors (Lipinski definition) is 3. The van der Waals surface area contributed by atoms with Crippen molar-refractivity contribution in [3.63, 3.8) is 0 Å². The van der Waals surface area contributed by atoms with Crippen LogP contribution < -0.4 is 25.4 Å². The van der Waals surface area contributed by atoms with E-state index in [0.717, 1.165) is 110 Å². The van der Waals surface area contributed by atoms with Crippen molar-refractivity contribution < 1.29 is 19.1 Å². The lowest BCUT2D eigenvalue weighted by molar-refractivity contribution is -0.133. The summed E-state index contributed by atoms with van der Waals surface area (Å²) in [6.07, 6.45) is 11.7. The van der Waals surface area contributed by atoms with Crippen molar-refractivity contribution in [1.82, 2.24) is 49.3 Å². The molecule has 12 rings (SSSR count). The second kappa shape index (κ2) is 23.3. The summed E-state index contributed by atoms with van der Waals surface area (Å²) in [7, 11) is 3.27. The van der Waals surface area contributed by atoms with Crippen LogP contribution in [-0.4, -0.2) is 108 Å². The molecule has 8 aromatic rings. The molecule has 2 saturated carbocycles. The number of fused-ring (bicyclic) bond motifs is 2. The van der Waals surface area contributed by atoms with Gasteiger partial charge in [0.1, 0.15) is 34.8 Å². The van der Waals surface area contributed by atoms with Crippen molar-refractivity contribution in [2.75, 3.05) is 51.0 Å². The Balaban J connectivity index is 0.000000155. The van der Waals surface area contributed by atoms with Crippen molar-refractivity contribution in [2.45, 2.75) is 63.5 Å². The zero-order valence-corrected chi connectivity index (χ0v) is 44.9. The Kier molecular flexibility index (Phi) is 16.2. The van der Waals surface area contributed by atoms with Gasteiger partial charge in [0.2, 0.25) is 23.0 Å². The predicted octanol–water partition coefficient (Wildman–Crippen LogP) is 11.7. The molecule has 0 spiro atoms. The average Bonchev–Trinajstić information content (AvgIpc) is 4.40. The molecular weight excluding hydrogens is 1060 g/mol. The van der Waals surface area contributed by atoms with E-state index in [9.17, 15) is 9.59 Å². The van der Waals surface area contributed by atoms with E-state index in [4.69, 9.17) is 87.4 Å². The van der Waals surface area contributed by atoms with Gasteiger partial charge in [-0.25, -0.2) is 19.9 Å². The molecule has 6 heterocycles. The fourth-order valence-electron chi connectivity index (χ4n) is 9.12. The highest BCUT2D eigenvalue weighted by Crippen LogP contribution is 2.37. The van der Waals surface area contributed by atoms with E-state index in [0.29, 0.717) is 73.6 Å². The molecule has 4 fully saturated rings. The number of nitrogens with zero attached hydrogens (tertiary/aromatic N) is 9.